The smallest absolute Gasteiger partial charge is 0.423 e. The summed E-state index contributed by atoms with van der Waals surface area (Å²) in [6, 6.07) is 4.13. The predicted octanol–water partition coefficient (Wildman–Crippen LogP) is 6.49. The van der Waals surface area contributed by atoms with Crippen LogP contribution in [0, 0.1) is 23.1 Å². The van der Waals surface area contributed by atoms with Crippen LogP contribution in [0.1, 0.15) is 26.3 Å². The van der Waals surface area contributed by atoms with Gasteiger partial charge in [0.25, 0.3) is 0 Å². The van der Waals surface area contributed by atoms with E-state index in [1.807, 2.05) is 19.6 Å². The number of H-pyrrole nitrogens is 1. The van der Waals surface area contributed by atoms with Crippen molar-refractivity contribution in [3.8, 4) is 11.5 Å². The number of carboxylic acids is 1. The van der Waals surface area contributed by atoms with Crippen LogP contribution < -0.4 is 4.90 Å². The highest BCUT2D eigenvalue weighted by Gasteiger charge is 2.35. The number of hydrogen-bond acceptors (Lipinski definition) is 7. The molecule has 2 aromatic carbocycles. The Labute approximate surface area is 244 Å². The summed E-state index contributed by atoms with van der Waals surface area (Å²) in [6.45, 7) is 5.85. The number of rotatable bonds is 3. The molecule has 0 fully saturated rings. The molecule has 0 atom stereocenters. The Morgan fingerprint density at radius 1 is 0.927 bits per heavy atom. The van der Waals surface area contributed by atoms with E-state index >= 15 is 0 Å². The SMILES string of the molecule is COC(=O)c1c(F)c(Cl)cc(C#C[Si](C)(C)C)c1N(C(=O)OC)C(=O)OC.O=C(O)c1c(F)c(Cl)cc2cc[nH]c12. The number of aromatic carboxylic acids is 1. The topological polar surface area (TPSA) is 135 Å². The third-order valence-electron chi connectivity index (χ3n) is 5.05. The molecule has 41 heavy (non-hydrogen) atoms. The van der Waals surface area contributed by atoms with Crippen LogP contribution in [0.4, 0.5) is 24.1 Å². The number of imide groups is 1. The zero-order valence-corrected chi connectivity index (χ0v) is 25.1. The number of carbonyl (C=O) groups excluding carboxylic acids is 3. The van der Waals surface area contributed by atoms with Crippen molar-refractivity contribution in [2.45, 2.75) is 19.6 Å². The van der Waals surface area contributed by atoms with Crippen molar-refractivity contribution in [1.29, 1.82) is 0 Å². The normalized spacial score (nSPS) is 10.5. The molecule has 0 radical (unpaired) electrons. The first-order valence-corrected chi connectivity index (χ1v) is 15.6. The zero-order chi connectivity index (χ0) is 31.2. The van der Waals surface area contributed by atoms with Gasteiger partial charge in [0.05, 0.1) is 48.1 Å². The van der Waals surface area contributed by atoms with Gasteiger partial charge in [-0.3, -0.25) is 0 Å². The largest absolute Gasteiger partial charge is 0.478 e. The molecule has 3 rings (SSSR count). The van der Waals surface area contributed by atoms with Gasteiger partial charge >= 0.3 is 24.1 Å². The van der Waals surface area contributed by atoms with Crippen LogP contribution in [-0.2, 0) is 14.2 Å². The summed E-state index contributed by atoms with van der Waals surface area (Å²) in [4.78, 5) is 50.3. The van der Waals surface area contributed by atoms with Gasteiger partial charge < -0.3 is 24.3 Å². The Balaban J connectivity index is 0.000000348. The number of ether oxygens (including phenoxy) is 3. The molecule has 0 saturated heterocycles. The van der Waals surface area contributed by atoms with Gasteiger partial charge in [-0.05, 0) is 18.2 Å². The van der Waals surface area contributed by atoms with Gasteiger partial charge in [-0.2, -0.15) is 4.90 Å². The van der Waals surface area contributed by atoms with E-state index in [2.05, 4.69) is 30.7 Å². The van der Waals surface area contributed by atoms with Crippen molar-refractivity contribution in [2.75, 3.05) is 26.2 Å². The Morgan fingerprint density at radius 2 is 1.46 bits per heavy atom. The quantitative estimate of drug-likeness (QED) is 0.145. The Morgan fingerprint density at radius 3 is 1.95 bits per heavy atom. The number of anilines is 1. The molecule has 2 amide bonds. The molecule has 0 saturated carbocycles. The fraction of sp³-hybridized carbons (Fsp3) is 0.231. The molecule has 15 heteroatoms. The number of aromatic amines is 1. The number of methoxy groups -OCH3 is 3. The Bertz CT molecular complexity index is 1580. The first-order valence-electron chi connectivity index (χ1n) is 11.4. The lowest BCUT2D eigenvalue weighted by molar-refractivity contribution is 0.0595. The van der Waals surface area contributed by atoms with Gasteiger partial charge in [-0.1, -0.05) is 48.8 Å². The van der Waals surface area contributed by atoms with Crippen molar-refractivity contribution in [1.82, 2.24) is 4.98 Å². The highest BCUT2D eigenvalue weighted by atomic mass is 35.5. The van der Waals surface area contributed by atoms with E-state index in [1.54, 1.807) is 6.07 Å². The van der Waals surface area contributed by atoms with Gasteiger partial charge in [0.2, 0.25) is 0 Å². The zero-order valence-electron chi connectivity index (χ0n) is 22.6. The Kier molecular flexibility index (Phi) is 10.9. The van der Waals surface area contributed by atoms with Crippen LogP contribution >= 0.6 is 23.2 Å². The number of nitrogens with zero attached hydrogens (tertiary/aromatic N) is 1. The number of fused-ring (bicyclic) bond motifs is 1. The van der Waals surface area contributed by atoms with Crippen LogP contribution in [0.3, 0.4) is 0 Å². The lowest BCUT2D eigenvalue weighted by Crippen LogP contribution is -2.39. The second-order valence-corrected chi connectivity index (χ2v) is 14.6. The molecule has 0 aliphatic rings. The van der Waals surface area contributed by atoms with Crippen LogP contribution in [0.2, 0.25) is 29.7 Å². The first kappa shape index (κ1) is 33.1. The predicted molar refractivity (Wildman–Crippen MR) is 150 cm³/mol. The minimum atomic E-state index is -1.92. The molecule has 3 aromatic rings. The fourth-order valence-corrected chi connectivity index (χ4v) is 4.20. The highest BCUT2D eigenvalue weighted by Crippen LogP contribution is 2.34. The second-order valence-electron chi connectivity index (χ2n) is 9.01. The summed E-state index contributed by atoms with van der Waals surface area (Å²) in [6.07, 6.45) is -0.873. The van der Waals surface area contributed by atoms with Crippen molar-refractivity contribution in [3.63, 3.8) is 0 Å². The third kappa shape index (κ3) is 7.54. The molecule has 2 N–H and O–H groups in total. The van der Waals surface area contributed by atoms with E-state index < -0.39 is 65.7 Å². The highest BCUT2D eigenvalue weighted by molar-refractivity contribution is 6.83. The average molecular weight is 629 g/mol. The van der Waals surface area contributed by atoms with E-state index in [0.717, 1.165) is 27.4 Å². The number of carbonyl (C=O) groups is 4. The summed E-state index contributed by atoms with van der Waals surface area (Å²) in [5.41, 5.74) is 1.61. The second kappa shape index (κ2) is 13.5. The van der Waals surface area contributed by atoms with Crippen LogP contribution in [0.25, 0.3) is 10.9 Å². The molecule has 0 spiro atoms. The Hall–Kier alpha value is -4.12. The molecular formula is C26H24Cl2F2N2O8Si. The monoisotopic (exact) mass is 628 g/mol. The molecular weight excluding hydrogens is 605 g/mol. The number of carboxylic acid groups (broad SMARTS) is 1. The maximum atomic E-state index is 14.6. The van der Waals surface area contributed by atoms with Gasteiger partial charge in [0, 0.05) is 11.6 Å². The number of hydrogen-bond donors (Lipinski definition) is 2. The van der Waals surface area contributed by atoms with E-state index in [1.165, 1.54) is 12.3 Å². The fourth-order valence-electron chi connectivity index (χ4n) is 3.27. The number of aromatic nitrogens is 1. The summed E-state index contributed by atoms with van der Waals surface area (Å²) in [5, 5.41) is 8.76. The molecule has 0 aliphatic heterocycles. The number of halogens is 4. The van der Waals surface area contributed by atoms with Crippen molar-refractivity contribution in [3.05, 3.63) is 62.8 Å². The van der Waals surface area contributed by atoms with Crippen LogP contribution in [0.5, 0.6) is 0 Å². The standard InChI is InChI=1S/C17H19ClFNO6Si.C9H5ClFNO2/c1-24-15(21)12-13(19)11(18)9-10(7-8-27(4,5)6)14(12)20(16(22)25-2)17(23)26-3;10-5-3-4-1-2-12-8(4)6(7(5)11)9(13)14/h9H,1-6H3;1-3,12H,(H,13,14). The van der Waals surface area contributed by atoms with Crippen molar-refractivity contribution < 1.29 is 47.3 Å². The van der Waals surface area contributed by atoms with E-state index in [4.69, 9.17) is 28.3 Å². The molecule has 0 aliphatic carbocycles. The number of nitrogens with one attached hydrogen (secondary N) is 1. The molecule has 218 valence electrons. The van der Waals surface area contributed by atoms with Crippen molar-refractivity contribution in [2.24, 2.45) is 0 Å². The molecule has 1 heterocycles. The van der Waals surface area contributed by atoms with Crippen molar-refractivity contribution >= 4 is 72.0 Å². The number of amides is 2. The maximum Gasteiger partial charge on any atom is 0.423 e. The first-order chi connectivity index (χ1) is 19.1. The molecule has 0 unspecified atom stereocenters. The molecule has 10 nitrogen and oxygen atoms in total. The third-order valence-corrected chi connectivity index (χ3v) is 6.47. The summed E-state index contributed by atoms with van der Waals surface area (Å²) >= 11 is 11.4. The van der Waals surface area contributed by atoms with E-state index in [-0.39, 0.29) is 16.1 Å². The lowest BCUT2D eigenvalue weighted by Gasteiger charge is -2.22. The number of benzene rings is 2. The number of esters is 1. The van der Waals surface area contributed by atoms with Crippen LogP contribution in [0.15, 0.2) is 24.4 Å². The van der Waals surface area contributed by atoms with Gasteiger partial charge in [-0.15, -0.1) is 5.54 Å². The van der Waals surface area contributed by atoms with Gasteiger partial charge in [0.1, 0.15) is 19.2 Å². The average Bonchev–Trinajstić information content (AvgIpc) is 3.36. The molecule has 0 bridgehead atoms. The van der Waals surface area contributed by atoms with E-state index in [9.17, 15) is 28.0 Å². The van der Waals surface area contributed by atoms with Gasteiger partial charge in [0.15, 0.2) is 11.6 Å². The minimum Gasteiger partial charge on any atom is -0.478 e. The van der Waals surface area contributed by atoms with Gasteiger partial charge in [-0.25, -0.2) is 28.0 Å². The lowest BCUT2D eigenvalue weighted by atomic mass is 10.1. The summed E-state index contributed by atoms with van der Waals surface area (Å²) in [5.74, 6) is -1.79. The van der Waals surface area contributed by atoms with E-state index in [0.29, 0.717) is 10.3 Å². The molecule has 1 aromatic heterocycles. The maximum absolute atomic E-state index is 14.6. The minimum absolute atomic E-state index is 0.0278. The summed E-state index contributed by atoms with van der Waals surface area (Å²) < 4.78 is 41.7. The van der Waals surface area contributed by atoms with Crippen LogP contribution in [-0.4, -0.2) is 63.6 Å². The summed E-state index contributed by atoms with van der Waals surface area (Å²) in [7, 11) is 1.12.